The fourth-order valence-electron chi connectivity index (χ4n) is 2.34. The SMILES string of the molecule is Cl.Fc1ccc(CN[C@@H]2C[C@H]2c2ccccc2)cc1. The molecular weight excluding hydrogens is 261 g/mol. The Hall–Kier alpha value is -1.38. The van der Waals surface area contributed by atoms with E-state index in [4.69, 9.17) is 0 Å². The minimum atomic E-state index is -0.174. The maximum Gasteiger partial charge on any atom is 0.123 e. The molecule has 0 unspecified atom stereocenters. The highest BCUT2D eigenvalue weighted by Crippen LogP contribution is 2.40. The van der Waals surface area contributed by atoms with Gasteiger partial charge in [-0.2, -0.15) is 0 Å². The highest BCUT2D eigenvalue weighted by molar-refractivity contribution is 5.85. The number of rotatable bonds is 4. The van der Waals surface area contributed by atoms with E-state index in [0.717, 1.165) is 12.1 Å². The highest BCUT2D eigenvalue weighted by Gasteiger charge is 2.37. The standard InChI is InChI=1S/C16H16FN.ClH/c17-14-8-6-12(7-9-14)11-18-16-10-15(16)13-4-2-1-3-5-13;/h1-9,15-16,18H,10-11H2;1H/t15-,16+;/m0./s1. The van der Waals surface area contributed by atoms with Crippen LogP contribution in [0.15, 0.2) is 54.6 Å². The molecule has 0 amide bonds. The highest BCUT2D eigenvalue weighted by atomic mass is 35.5. The van der Waals surface area contributed by atoms with Crippen LogP contribution in [0.4, 0.5) is 4.39 Å². The Balaban J connectivity index is 0.00000133. The van der Waals surface area contributed by atoms with Crippen LogP contribution >= 0.6 is 12.4 Å². The largest absolute Gasteiger partial charge is 0.309 e. The minimum absolute atomic E-state index is 0. The van der Waals surface area contributed by atoms with Gasteiger partial charge in [0.2, 0.25) is 0 Å². The lowest BCUT2D eigenvalue weighted by Gasteiger charge is -2.04. The lowest BCUT2D eigenvalue weighted by atomic mass is 10.1. The van der Waals surface area contributed by atoms with Crippen molar-refractivity contribution < 1.29 is 4.39 Å². The Morgan fingerprint density at radius 2 is 1.68 bits per heavy atom. The van der Waals surface area contributed by atoms with E-state index < -0.39 is 0 Å². The molecule has 2 aromatic rings. The third kappa shape index (κ3) is 3.55. The zero-order valence-electron chi connectivity index (χ0n) is 10.6. The van der Waals surface area contributed by atoms with Gasteiger partial charge in [0.15, 0.2) is 0 Å². The van der Waals surface area contributed by atoms with Crippen molar-refractivity contribution in [2.45, 2.75) is 24.9 Å². The number of benzene rings is 2. The molecule has 0 aromatic heterocycles. The molecule has 3 heteroatoms. The lowest BCUT2D eigenvalue weighted by Crippen LogP contribution is -2.17. The Labute approximate surface area is 119 Å². The van der Waals surface area contributed by atoms with Crippen LogP contribution < -0.4 is 5.32 Å². The molecule has 1 saturated carbocycles. The average Bonchev–Trinajstić information content (AvgIpc) is 3.19. The molecule has 0 radical (unpaired) electrons. The van der Waals surface area contributed by atoms with E-state index in [1.54, 1.807) is 0 Å². The Bertz CT molecular complexity index is 512. The quantitative estimate of drug-likeness (QED) is 0.894. The molecule has 1 aliphatic carbocycles. The molecule has 1 N–H and O–H groups in total. The molecule has 2 atom stereocenters. The van der Waals surface area contributed by atoms with Crippen molar-refractivity contribution in [2.24, 2.45) is 0 Å². The predicted octanol–water partition coefficient (Wildman–Crippen LogP) is 3.89. The summed E-state index contributed by atoms with van der Waals surface area (Å²) in [5, 5.41) is 3.52. The van der Waals surface area contributed by atoms with Gasteiger partial charge in [-0.05, 0) is 29.7 Å². The van der Waals surface area contributed by atoms with Gasteiger partial charge in [-0.25, -0.2) is 4.39 Å². The molecule has 0 saturated heterocycles. The van der Waals surface area contributed by atoms with Gasteiger partial charge in [-0.1, -0.05) is 42.5 Å². The second kappa shape index (κ2) is 6.18. The van der Waals surface area contributed by atoms with Crippen LogP contribution in [0.25, 0.3) is 0 Å². The molecule has 100 valence electrons. The molecule has 0 aliphatic heterocycles. The monoisotopic (exact) mass is 277 g/mol. The number of hydrogen-bond acceptors (Lipinski definition) is 1. The van der Waals surface area contributed by atoms with Crippen molar-refractivity contribution in [3.63, 3.8) is 0 Å². The molecular formula is C16H17ClFN. The first kappa shape index (κ1) is 14.0. The van der Waals surface area contributed by atoms with Gasteiger partial charge >= 0.3 is 0 Å². The lowest BCUT2D eigenvalue weighted by molar-refractivity contribution is 0.624. The summed E-state index contributed by atoms with van der Waals surface area (Å²) in [4.78, 5) is 0. The maximum atomic E-state index is 12.8. The fourth-order valence-corrected chi connectivity index (χ4v) is 2.34. The van der Waals surface area contributed by atoms with Gasteiger partial charge in [-0.15, -0.1) is 12.4 Å². The number of nitrogens with one attached hydrogen (secondary N) is 1. The van der Waals surface area contributed by atoms with Gasteiger partial charge in [-0.3, -0.25) is 0 Å². The van der Waals surface area contributed by atoms with Crippen LogP contribution in [0.2, 0.25) is 0 Å². The summed E-state index contributed by atoms with van der Waals surface area (Å²) < 4.78 is 12.8. The first-order valence-electron chi connectivity index (χ1n) is 6.36. The van der Waals surface area contributed by atoms with E-state index in [0.29, 0.717) is 12.0 Å². The fraction of sp³-hybridized carbons (Fsp3) is 0.250. The van der Waals surface area contributed by atoms with Gasteiger partial charge in [0.1, 0.15) is 5.82 Å². The molecule has 2 aromatic carbocycles. The predicted molar refractivity (Wildman–Crippen MR) is 78.1 cm³/mol. The van der Waals surface area contributed by atoms with Crippen molar-refractivity contribution in [1.82, 2.24) is 5.32 Å². The average molecular weight is 278 g/mol. The molecule has 1 fully saturated rings. The number of hydrogen-bond donors (Lipinski definition) is 1. The third-order valence-corrected chi connectivity index (χ3v) is 3.50. The Morgan fingerprint density at radius 1 is 1.00 bits per heavy atom. The van der Waals surface area contributed by atoms with Crippen molar-refractivity contribution in [1.29, 1.82) is 0 Å². The van der Waals surface area contributed by atoms with Crippen LogP contribution in [0.3, 0.4) is 0 Å². The van der Waals surface area contributed by atoms with E-state index in [9.17, 15) is 4.39 Å². The van der Waals surface area contributed by atoms with Crippen molar-refractivity contribution in [3.8, 4) is 0 Å². The van der Waals surface area contributed by atoms with Crippen LogP contribution in [0, 0.1) is 5.82 Å². The molecule has 0 bridgehead atoms. The summed E-state index contributed by atoms with van der Waals surface area (Å²) in [6.45, 7) is 0.814. The summed E-state index contributed by atoms with van der Waals surface area (Å²) in [6.07, 6.45) is 1.20. The smallest absolute Gasteiger partial charge is 0.123 e. The van der Waals surface area contributed by atoms with Crippen LogP contribution in [-0.2, 0) is 6.54 Å². The zero-order valence-corrected chi connectivity index (χ0v) is 11.4. The first-order chi connectivity index (χ1) is 8.83. The Kier molecular flexibility index (Phi) is 4.56. The summed E-state index contributed by atoms with van der Waals surface area (Å²) in [5.74, 6) is 0.471. The summed E-state index contributed by atoms with van der Waals surface area (Å²) >= 11 is 0. The van der Waals surface area contributed by atoms with E-state index in [1.165, 1.54) is 24.1 Å². The van der Waals surface area contributed by atoms with Crippen molar-refractivity contribution in [3.05, 3.63) is 71.5 Å². The minimum Gasteiger partial charge on any atom is -0.309 e. The first-order valence-corrected chi connectivity index (χ1v) is 6.36. The van der Waals surface area contributed by atoms with E-state index >= 15 is 0 Å². The second-order valence-electron chi connectivity index (χ2n) is 4.87. The van der Waals surface area contributed by atoms with Crippen molar-refractivity contribution >= 4 is 12.4 Å². The summed E-state index contributed by atoms with van der Waals surface area (Å²) in [5.41, 5.74) is 2.55. The zero-order chi connectivity index (χ0) is 12.4. The van der Waals surface area contributed by atoms with E-state index in [2.05, 4.69) is 29.6 Å². The number of halogens is 2. The van der Waals surface area contributed by atoms with E-state index in [-0.39, 0.29) is 18.2 Å². The normalized spacial score (nSPS) is 20.7. The molecule has 3 rings (SSSR count). The Morgan fingerprint density at radius 3 is 2.37 bits per heavy atom. The molecule has 0 spiro atoms. The topological polar surface area (TPSA) is 12.0 Å². The van der Waals surface area contributed by atoms with Crippen LogP contribution in [-0.4, -0.2) is 6.04 Å². The van der Waals surface area contributed by atoms with Gasteiger partial charge < -0.3 is 5.32 Å². The maximum absolute atomic E-state index is 12.8. The van der Waals surface area contributed by atoms with Crippen LogP contribution in [0.5, 0.6) is 0 Å². The molecule has 19 heavy (non-hydrogen) atoms. The third-order valence-electron chi connectivity index (χ3n) is 3.50. The molecule has 0 heterocycles. The van der Waals surface area contributed by atoms with Gasteiger partial charge in [0.05, 0.1) is 0 Å². The summed E-state index contributed by atoms with van der Waals surface area (Å²) in [6, 6.07) is 17.9. The molecule has 1 nitrogen and oxygen atoms in total. The van der Waals surface area contributed by atoms with Crippen molar-refractivity contribution in [2.75, 3.05) is 0 Å². The van der Waals surface area contributed by atoms with Gasteiger partial charge in [0.25, 0.3) is 0 Å². The molecule has 1 aliphatic rings. The van der Waals surface area contributed by atoms with Crippen LogP contribution in [0.1, 0.15) is 23.5 Å². The van der Waals surface area contributed by atoms with Gasteiger partial charge in [0, 0.05) is 18.5 Å². The van der Waals surface area contributed by atoms with E-state index in [1.807, 2.05) is 18.2 Å². The second-order valence-corrected chi connectivity index (χ2v) is 4.87. The summed E-state index contributed by atoms with van der Waals surface area (Å²) in [7, 11) is 0.